The molecule has 0 aliphatic carbocycles. The topological polar surface area (TPSA) is 59.9 Å². The summed E-state index contributed by atoms with van der Waals surface area (Å²) < 4.78 is 5.16. The van der Waals surface area contributed by atoms with E-state index in [1.54, 1.807) is 25.6 Å². The van der Waals surface area contributed by atoms with Gasteiger partial charge in [-0.3, -0.25) is 4.98 Å². The largest absolute Gasteiger partial charge is 0.481 e. The number of rotatable bonds is 5. The molecular formula is C18H18N4O. The van der Waals surface area contributed by atoms with Crippen molar-refractivity contribution in [1.82, 2.24) is 15.0 Å². The SMILES string of the molecule is COc1cc(NC(c2ccncc2)c2ccc(C)cc2)ncn1. The fourth-order valence-electron chi connectivity index (χ4n) is 2.35. The molecule has 0 amide bonds. The van der Waals surface area contributed by atoms with E-state index in [4.69, 9.17) is 4.74 Å². The molecule has 0 fully saturated rings. The number of benzene rings is 1. The van der Waals surface area contributed by atoms with Crippen LogP contribution in [0.5, 0.6) is 5.88 Å². The zero-order valence-corrected chi connectivity index (χ0v) is 13.1. The molecule has 0 bridgehead atoms. The lowest BCUT2D eigenvalue weighted by Gasteiger charge is -2.20. The first kappa shape index (κ1) is 15.0. The van der Waals surface area contributed by atoms with E-state index in [1.807, 2.05) is 12.1 Å². The van der Waals surface area contributed by atoms with Crippen molar-refractivity contribution in [3.05, 3.63) is 77.9 Å². The number of aromatic nitrogens is 3. The van der Waals surface area contributed by atoms with Crippen LogP contribution in [0.3, 0.4) is 0 Å². The summed E-state index contributed by atoms with van der Waals surface area (Å²) in [6.45, 7) is 2.08. The molecule has 1 atom stereocenters. The second-order valence-electron chi connectivity index (χ2n) is 5.21. The van der Waals surface area contributed by atoms with Gasteiger partial charge in [-0.25, -0.2) is 9.97 Å². The Hall–Kier alpha value is -2.95. The van der Waals surface area contributed by atoms with Crippen molar-refractivity contribution in [2.24, 2.45) is 0 Å². The van der Waals surface area contributed by atoms with Crippen molar-refractivity contribution in [3.63, 3.8) is 0 Å². The van der Waals surface area contributed by atoms with Gasteiger partial charge < -0.3 is 10.1 Å². The lowest BCUT2D eigenvalue weighted by atomic mass is 9.98. The number of pyridine rings is 1. The molecule has 0 spiro atoms. The van der Waals surface area contributed by atoms with E-state index in [0.717, 1.165) is 11.1 Å². The van der Waals surface area contributed by atoms with Crippen molar-refractivity contribution in [2.45, 2.75) is 13.0 Å². The summed E-state index contributed by atoms with van der Waals surface area (Å²) in [6, 6.07) is 14.2. The molecule has 3 aromatic rings. The fourth-order valence-corrected chi connectivity index (χ4v) is 2.35. The standard InChI is InChI=1S/C18H18N4O/c1-13-3-5-14(6-4-13)18(15-7-9-19-10-8-15)22-16-11-17(23-2)21-12-20-16/h3-12,18H,1-2H3,(H,20,21,22). The molecule has 2 aromatic heterocycles. The molecule has 1 unspecified atom stereocenters. The molecule has 1 aromatic carbocycles. The second-order valence-corrected chi connectivity index (χ2v) is 5.21. The van der Waals surface area contributed by atoms with Gasteiger partial charge in [0, 0.05) is 18.5 Å². The summed E-state index contributed by atoms with van der Waals surface area (Å²) in [7, 11) is 1.59. The van der Waals surface area contributed by atoms with E-state index in [-0.39, 0.29) is 6.04 Å². The third-order valence-corrected chi connectivity index (χ3v) is 3.59. The first-order chi connectivity index (χ1) is 11.3. The van der Waals surface area contributed by atoms with Crippen LogP contribution in [0.2, 0.25) is 0 Å². The van der Waals surface area contributed by atoms with E-state index in [0.29, 0.717) is 11.7 Å². The Morgan fingerprint density at radius 3 is 2.35 bits per heavy atom. The summed E-state index contributed by atoms with van der Waals surface area (Å²) >= 11 is 0. The number of anilines is 1. The smallest absolute Gasteiger partial charge is 0.218 e. The number of nitrogens with one attached hydrogen (secondary N) is 1. The lowest BCUT2D eigenvalue weighted by molar-refractivity contribution is 0.397. The highest BCUT2D eigenvalue weighted by Gasteiger charge is 2.15. The maximum atomic E-state index is 5.16. The molecule has 5 heteroatoms. The van der Waals surface area contributed by atoms with E-state index in [9.17, 15) is 0 Å². The second kappa shape index (κ2) is 6.87. The van der Waals surface area contributed by atoms with Crippen LogP contribution in [-0.4, -0.2) is 22.1 Å². The van der Waals surface area contributed by atoms with Crippen LogP contribution in [0.1, 0.15) is 22.7 Å². The Balaban J connectivity index is 1.96. The molecule has 2 heterocycles. The van der Waals surface area contributed by atoms with Gasteiger partial charge in [-0.1, -0.05) is 29.8 Å². The summed E-state index contributed by atoms with van der Waals surface area (Å²) in [4.78, 5) is 12.4. The van der Waals surface area contributed by atoms with Crippen LogP contribution in [0.25, 0.3) is 0 Å². The predicted molar refractivity (Wildman–Crippen MR) is 89.5 cm³/mol. The van der Waals surface area contributed by atoms with Crippen molar-refractivity contribution < 1.29 is 4.74 Å². The van der Waals surface area contributed by atoms with Crippen molar-refractivity contribution in [1.29, 1.82) is 0 Å². The minimum absolute atomic E-state index is 0.0294. The Kier molecular flexibility index (Phi) is 4.47. The highest BCUT2D eigenvalue weighted by atomic mass is 16.5. The summed E-state index contributed by atoms with van der Waals surface area (Å²) in [6.07, 6.45) is 5.07. The molecule has 0 saturated heterocycles. The van der Waals surface area contributed by atoms with Crippen LogP contribution < -0.4 is 10.1 Å². The van der Waals surface area contributed by atoms with Gasteiger partial charge in [-0.2, -0.15) is 0 Å². The molecule has 1 N–H and O–H groups in total. The third kappa shape index (κ3) is 3.63. The average Bonchev–Trinajstić information content (AvgIpc) is 2.61. The number of hydrogen-bond donors (Lipinski definition) is 1. The van der Waals surface area contributed by atoms with Crippen molar-refractivity contribution in [3.8, 4) is 5.88 Å². The normalized spacial score (nSPS) is 11.7. The van der Waals surface area contributed by atoms with Gasteiger partial charge in [0.1, 0.15) is 12.1 Å². The molecular weight excluding hydrogens is 288 g/mol. The van der Waals surface area contributed by atoms with E-state index < -0.39 is 0 Å². The van der Waals surface area contributed by atoms with E-state index in [1.165, 1.54) is 11.9 Å². The quantitative estimate of drug-likeness (QED) is 0.783. The van der Waals surface area contributed by atoms with Crippen LogP contribution in [0.4, 0.5) is 5.82 Å². The van der Waals surface area contributed by atoms with E-state index >= 15 is 0 Å². The highest BCUT2D eigenvalue weighted by molar-refractivity contribution is 5.45. The summed E-state index contributed by atoms with van der Waals surface area (Å²) in [5.74, 6) is 1.24. The molecule has 5 nitrogen and oxygen atoms in total. The Morgan fingerprint density at radius 2 is 1.65 bits per heavy atom. The number of nitrogens with zero attached hydrogens (tertiary/aromatic N) is 3. The third-order valence-electron chi connectivity index (χ3n) is 3.59. The van der Waals surface area contributed by atoms with Gasteiger partial charge >= 0.3 is 0 Å². The Bertz CT molecular complexity index is 759. The Labute approximate surface area is 135 Å². The molecule has 116 valence electrons. The van der Waals surface area contributed by atoms with Gasteiger partial charge in [0.05, 0.1) is 13.2 Å². The number of aryl methyl sites for hydroxylation is 1. The molecule has 0 aliphatic heterocycles. The average molecular weight is 306 g/mol. The van der Waals surface area contributed by atoms with Gasteiger partial charge in [0.2, 0.25) is 5.88 Å². The summed E-state index contributed by atoms with van der Waals surface area (Å²) in [5.41, 5.74) is 3.49. The van der Waals surface area contributed by atoms with Crippen LogP contribution in [-0.2, 0) is 0 Å². The Morgan fingerprint density at radius 1 is 0.957 bits per heavy atom. The first-order valence-electron chi connectivity index (χ1n) is 7.35. The van der Waals surface area contributed by atoms with Gasteiger partial charge in [-0.05, 0) is 30.2 Å². The highest BCUT2D eigenvalue weighted by Crippen LogP contribution is 2.26. The van der Waals surface area contributed by atoms with Crippen LogP contribution in [0, 0.1) is 6.92 Å². The molecule has 23 heavy (non-hydrogen) atoms. The summed E-state index contributed by atoms with van der Waals surface area (Å²) in [5, 5.41) is 3.45. The maximum absolute atomic E-state index is 5.16. The van der Waals surface area contributed by atoms with Crippen LogP contribution >= 0.6 is 0 Å². The minimum Gasteiger partial charge on any atom is -0.481 e. The maximum Gasteiger partial charge on any atom is 0.218 e. The van der Waals surface area contributed by atoms with Crippen molar-refractivity contribution in [2.75, 3.05) is 12.4 Å². The molecule has 0 saturated carbocycles. The lowest BCUT2D eigenvalue weighted by Crippen LogP contribution is -2.13. The zero-order valence-electron chi connectivity index (χ0n) is 13.1. The predicted octanol–water partition coefficient (Wildman–Crippen LogP) is 3.39. The monoisotopic (exact) mass is 306 g/mol. The first-order valence-corrected chi connectivity index (χ1v) is 7.35. The molecule has 0 aliphatic rings. The number of hydrogen-bond acceptors (Lipinski definition) is 5. The van der Waals surface area contributed by atoms with Gasteiger partial charge in [0.15, 0.2) is 0 Å². The molecule has 0 radical (unpaired) electrons. The number of ether oxygens (including phenoxy) is 1. The van der Waals surface area contributed by atoms with Crippen LogP contribution in [0.15, 0.2) is 61.2 Å². The number of methoxy groups -OCH3 is 1. The van der Waals surface area contributed by atoms with E-state index in [2.05, 4.69) is 51.5 Å². The van der Waals surface area contributed by atoms with Gasteiger partial charge in [-0.15, -0.1) is 0 Å². The zero-order chi connectivity index (χ0) is 16.1. The minimum atomic E-state index is -0.0294. The van der Waals surface area contributed by atoms with Gasteiger partial charge in [0.25, 0.3) is 0 Å². The fraction of sp³-hybridized carbons (Fsp3) is 0.167. The van der Waals surface area contributed by atoms with Crippen molar-refractivity contribution >= 4 is 5.82 Å². The molecule has 3 rings (SSSR count).